The smallest absolute Gasteiger partial charge is 0.251 e. The molecule has 0 unspecified atom stereocenters. The molecule has 27 heavy (non-hydrogen) atoms. The number of hydrogen-bond acceptors (Lipinski definition) is 3. The topological polar surface area (TPSA) is 62.6 Å². The first kappa shape index (κ1) is 18.5. The van der Waals surface area contributed by atoms with Crippen molar-refractivity contribution >= 4 is 17.5 Å². The Kier molecular flexibility index (Phi) is 6.05. The van der Waals surface area contributed by atoms with Gasteiger partial charge < -0.3 is 14.6 Å². The molecule has 1 heterocycles. The van der Waals surface area contributed by atoms with Crippen molar-refractivity contribution in [3.63, 3.8) is 0 Å². The lowest BCUT2D eigenvalue weighted by atomic mass is 10.2. The van der Waals surface area contributed by atoms with Crippen LogP contribution in [0.2, 0.25) is 0 Å². The van der Waals surface area contributed by atoms with E-state index in [1.54, 1.807) is 29.4 Å². The Bertz CT molecular complexity index is 872. The zero-order valence-electron chi connectivity index (χ0n) is 15.2. The van der Waals surface area contributed by atoms with E-state index in [0.717, 1.165) is 11.3 Å². The minimum Gasteiger partial charge on any atom is -0.467 e. The first-order valence-electron chi connectivity index (χ1n) is 8.86. The summed E-state index contributed by atoms with van der Waals surface area (Å²) in [6.07, 6.45) is 1.79. The summed E-state index contributed by atoms with van der Waals surface area (Å²) in [6.45, 7) is 2.62. The first-order chi connectivity index (χ1) is 13.1. The summed E-state index contributed by atoms with van der Waals surface area (Å²) >= 11 is 0. The molecular formula is C22H22N2O3. The van der Waals surface area contributed by atoms with Crippen LogP contribution in [-0.4, -0.2) is 18.4 Å². The maximum atomic E-state index is 12.8. The van der Waals surface area contributed by atoms with Crippen LogP contribution in [0.25, 0.3) is 0 Å². The van der Waals surface area contributed by atoms with Crippen molar-refractivity contribution in [1.29, 1.82) is 0 Å². The van der Waals surface area contributed by atoms with Crippen molar-refractivity contribution in [2.75, 3.05) is 11.4 Å². The number of furan rings is 1. The fourth-order valence-electron chi connectivity index (χ4n) is 2.72. The molecule has 2 aromatic carbocycles. The van der Waals surface area contributed by atoms with Gasteiger partial charge in [-0.25, -0.2) is 0 Å². The summed E-state index contributed by atoms with van der Waals surface area (Å²) in [4.78, 5) is 26.6. The number of carbonyl (C=O) groups excluding carboxylic acids is 2. The quantitative estimate of drug-likeness (QED) is 0.692. The molecule has 3 rings (SSSR count). The fraction of sp³-hybridized carbons (Fsp3) is 0.182. The number of rotatable bonds is 7. The van der Waals surface area contributed by atoms with E-state index in [9.17, 15) is 9.59 Å². The molecule has 0 saturated heterocycles. The van der Waals surface area contributed by atoms with E-state index < -0.39 is 0 Å². The van der Waals surface area contributed by atoms with Crippen LogP contribution < -0.4 is 10.2 Å². The van der Waals surface area contributed by atoms with E-state index in [-0.39, 0.29) is 24.8 Å². The lowest BCUT2D eigenvalue weighted by molar-refractivity contribution is -0.118. The second-order valence-electron chi connectivity index (χ2n) is 6.27. The summed E-state index contributed by atoms with van der Waals surface area (Å²) in [5.74, 6) is 0.442. The van der Waals surface area contributed by atoms with E-state index >= 15 is 0 Å². The third kappa shape index (κ3) is 5.07. The van der Waals surface area contributed by atoms with Crippen molar-refractivity contribution in [3.05, 3.63) is 89.9 Å². The van der Waals surface area contributed by atoms with Gasteiger partial charge in [0.2, 0.25) is 5.91 Å². The minimum atomic E-state index is -0.184. The van der Waals surface area contributed by atoms with Crippen molar-refractivity contribution in [2.24, 2.45) is 0 Å². The lowest BCUT2D eigenvalue weighted by Crippen LogP contribution is -2.34. The molecule has 0 aliphatic carbocycles. The molecule has 0 aliphatic heterocycles. The van der Waals surface area contributed by atoms with Crippen molar-refractivity contribution < 1.29 is 14.0 Å². The number of anilines is 1. The van der Waals surface area contributed by atoms with Gasteiger partial charge in [0.15, 0.2) is 0 Å². The number of amides is 2. The van der Waals surface area contributed by atoms with Crippen LogP contribution in [0, 0.1) is 6.92 Å². The summed E-state index contributed by atoms with van der Waals surface area (Å²) < 4.78 is 5.40. The normalized spacial score (nSPS) is 10.4. The summed E-state index contributed by atoms with van der Waals surface area (Å²) in [5.41, 5.74) is 2.51. The molecular weight excluding hydrogens is 340 g/mol. The highest BCUT2D eigenvalue weighted by molar-refractivity contribution is 5.96. The van der Waals surface area contributed by atoms with Crippen LogP contribution in [0.1, 0.15) is 28.1 Å². The molecule has 5 heteroatoms. The van der Waals surface area contributed by atoms with Gasteiger partial charge in [-0.15, -0.1) is 0 Å². The van der Waals surface area contributed by atoms with Gasteiger partial charge in [-0.3, -0.25) is 9.59 Å². The maximum Gasteiger partial charge on any atom is 0.251 e. The fourth-order valence-corrected chi connectivity index (χ4v) is 2.72. The van der Waals surface area contributed by atoms with Crippen LogP contribution in [0.3, 0.4) is 0 Å². The van der Waals surface area contributed by atoms with Crippen LogP contribution >= 0.6 is 0 Å². The molecule has 5 nitrogen and oxygen atoms in total. The largest absolute Gasteiger partial charge is 0.467 e. The highest BCUT2D eigenvalue weighted by Crippen LogP contribution is 2.19. The second kappa shape index (κ2) is 8.85. The lowest BCUT2D eigenvalue weighted by Gasteiger charge is -2.22. The molecule has 0 radical (unpaired) electrons. The van der Waals surface area contributed by atoms with E-state index in [1.165, 1.54) is 0 Å². The Morgan fingerprint density at radius 3 is 2.37 bits per heavy atom. The minimum absolute atomic E-state index is 0.0800. The monoisotopic (exact) mass is 362 g/mol. The molecule has 1 N–H and O–H groups in total. The van der Waals surface area contributed by atoms with Gasteiger partial charge in [0.1, 0.15) is 5.76 Å². The average Bonchev–Trinajstić information content (AvgIpc) is 3.21. The number of hydrogen-bond donors (Lipinski definition) is 1. The molecule has 138 valence electrons. The predicted molar refractivity (Wildman–Crippen MR) is 104 cm³/mol. The molecule has 0 aliphatic rings. The van der Waals surface area contributed by atoms with E-state index in [2.05, 4.69) is 5.32 Å². The van der Waals surface area contributed by atoms with Crippen molar-refractivity contribution in [1.82, 2.24) is 5.32 Å². The molecule has 0 bridgehead atoms. The van der Waals surface area contributed by atoms with E-state index in [0.29, 0.717) is 17.9 Å². The van der Waals surface area contributed by atoms with Crippen LogP contribution in [0.15, 0.2) is 77.4 Å². The maximum absolute atomic E-state index is 12.8. The van der Waals surface area contributed by atoms with E-state index in [1.807, 2.05) is 55.5 Å². The second-order valence-corrected chi connectivity index (χ2v) is 6.27. The van der Waals surface area contributed by atoms with Gasteiger partial charge >= 0.3 is 0 Å². The van der Waals surface area contributed by atoms with Gasteiger partial charge in [0.25, 0.3) is 5.91 Å². The zero-order valence-corrected chi connectivity index (χ0v) is 15.2. The number of nitrogens with one attached hydrogen (secondary N) is 1. The number of aryl methyl sites for hydroxylation is 1. The Balaban J connectivity index is 1.64. The molecule has 0 atom stereocenters. The van der Waals surface area contributed by atoms with Gasteiger partial charge in [-0.05, 0) is 43.3 Å². The molecule has 0 spiro atoms. The standard InChI is InChI=1S/C22H22N2O3/c1-17-9-11-19(12-10-17)24(16-20-8-5-15-27-20)21(25)13-14-23-22(26)18-6-3-2-4-7-18/h2-12,15H,13-14,16H2,1H3,(H,23,26). The predicted octanol–water partition coefficient (Wildman–Crippen LogP) is 3.94. The van der Waals surface area contributed by atoms with E-state index in [4.69, 9.17) is 4.42 Å². The van der Waals surface area contributed by atoms with Crippen LogP contribution in [-0.2, 0) is 11.3 Å². The summed E-state index contributed by atoms with van der Waals surface area (Å²) in [7, 11) is 0. The zero-order chi connectivity index (χ0) is 19.1. The highest BCUT2D eigenvalue weighted by Gasteiger charge is 2.17. The molecule has 2 amide bonds. The molecule has 0 saturated carbocycles. The molecule has 3 aromatic rings. The van der Waals surface area contributed by atoms with Crippen LogP contribution in [0.5, 0.6) is 0 Å². The van der Waals surface area contributed by atoms with Gasteiger partial charge in [0, 0.05) is 24.2 Å². The third-order valence-electron chi connectivity index (χ3n) is 4.20. The SMILES string of the molecule is Cc1ccc(N(Cc2ccco2)C(=O)CCNC(=O)c2ccccc2)cc1. The third-order valence-corrected chi connectivity index (χ3v) is 4.20. The van der Waals surface area contributed by atoms with Crippen molar-refractivity contribution in [2.45, 2.75) is 19.9 Å². The number of nitrogens with zero attached hydrogens (tertiary/aromatic N) is 1. The Morgan fingerprint density at radius 2 is 1.70 bits per heavy atom. The Hall–Kier alpha value is -3.34. The summed E-state index contributed by atoms with van der Waals surface area (Å²) in [5, 5.41) is 2.79. The van der Waals surface area contributed by atoms with Gasteiger partial charge in [-0.2, -0.15) is 0 Å². The molecule has 1 aromatic heterocycles. The van der Waals surface area contributed by atoms with Crippen LogP contribution in [0.4, 0.5) is 5.69 Å². The number of benzene rings is 2. The molecule has 0 fully saturated rings. The number of carbonyl (C=O) groups is 2. The average molecular weight is 362 g/mol. The van der Waals surface area contributed by atoms with Gasteiger partial charge in [-0.1, -0.05) is 35.9 Å². The Morgan fingerprint density at radius 1 is 0.963 bits per heavy atom. The van der Waals surface area contributed by atoms with Crippen molar-refractivity contribution in [3.8, 4) is 0 Å². The first-order valence-corrected chi connectivity index (χ1v) is 8.86. The van der Waals surface area contributed by atoms with Gasteiger partial charge in [0.05, 0.1) is 12.8 Å². The highest BCUT2D eigenvalue weighted by atomic mass is 16.3. The summed E-state index contributed by atoms with van der Waals surface area (Å²) in [6, 6.07) is 20.4. The Labute approximate surface area is 158 Å².